The highest BCUT2D eigenvalue weighted by Gasteiger charge is 1.98. The van der Waals surface area contributed by atoms with Crippen LogP contribution in [-0.4, -0.2) is 11.5 Å². The van der Waals surface area contributed by atoms with Crippen molar-refractivity contribution in [3.8, 4) is 0 Å². The summed E-state index contributed by atoms with van der Waals surface area (Å²) in [6.07, 6.45) is 0. The second-order valence-electron chi connectivity index (χ2n) is 3.07. The van der Waals surface area contributed by atoms with Crippen LogP contribution in [0.15, 0.2) is 34.9 Å². The molecule has 0 N–H and O–H groups in total. The van der Waals surface area contributed by atoms with Crippen molar-refractivity contribution in [2.45, 2.75) is 6.61 Å². The molecule has 0 unspecified atom stereocenters. The minimum absolute atomic E-state index is 0.301. The van der Waals surface area contributed by atoms with E-state index in [0.717, 1.165) is 21.1 Å². The van der Waals surface area contributed by atoms with Gasteiger partial charge in [0.25, 0.3) is 6.47 Å². The molecule has 0 amide bonds. The van der Waals surface area contributed by atoms with E-state index in [1.807, 2.05) is 30.3 Å². The normalized spacial score (nSPS) is 10.2. The fraction of sp³-hybridized carbons (Fsp3) is 0.0909. The molecule has 1 aromatic heterocycles. The van der Waals surface area contributed by atoms with Gasteiger partial charge >= 0.3 is 0 Å². The molecule has 0 radical (unpaired) electrons. The zero-order valence-corrected chi connectivity index (χ0v) is 9.40. The largest absolute Gasteiger partial charge is 0.463 e. The Morgan fingerprint density at radius 1 is 1.33 bits per heavy atom. The van der Waals surface area contributed by atoms with Crippen molar-refractivity contribution in [2.24, 2.45) is 0 Å². The number of halogens is 1. The Hall–Kier alpha value is -1.42. The average molecular weight is 266 g/mol. The molecule has 3 nitrogen and oxygen atoms in total. The Kier molecular flexibility index (Phi) is 2.97. The lowest BCUT2D eigenvalue weighted by Gasteiger charge is -2.02. The number of hydrogen-bond donors (Lipinski definition) is 0. The van der Waals surface area contributed by atoms with Crippen LogP contribution in [0.25, 0.3) is 10.9 Å². The molecule has 0 bridgehead atoms. The van der Waals surface area contributed by atoms with E-state index in [1.54, 1.807) is 0 Å². The van der Waals surface area contributed by atoms with Gasteiger partial charge in [0.2, 0.25) is 0 Å². The lowest BCUT2D eigenvalue weighted by atomic mass is 10.1. The molecule has 1 heterocycles. The van der Waals surface area contributed by atoms with Crippen molar-refractivity contribution < 1.29 is 9.53 Å². The molecule has 2 rings (SSSR count). The Bertz CT molecular complexity index is 499. The van der Waals surface area contributed by atoms with E-state index in [0.29, 0.717) is 13.1 Å². The van der Waals surface area contributed by atoms with Crippen molar-refractivity contribution in [2.75, 3.05) is 0 Å². The van der Waals surface area contributed by atoms with Crippen LogP contribution in [0.1, 0.15) is 5.56 Å². The summed E-state index contributed by atoms with van der Waals surface area (Å²) in [5.41, 5.74) is 1.87. The van der Waals surface area contributed by atoms with E-state index in [1.165, 1.54) is 0 Å². The molecule has 0 atom stereocenters. The summed E-state index contributed by atoms with van der Waals surface area (Å²) >= 11 is 3.31. The number of pyridine rings is 1. The van der Waals surface area contributed by atoms with Crippen molar-refractivity contribution in [1.29, 1.82) is 0 Å². The van der Waals surface area contributed by atoms with Crippen molar-refractivity contribution in [1.82, 2.24) is 4.98 Å². The molecule has 1 aromatic carbocycles. The van der Waals surface area contributed by atoms with Crippen molar-refractivity contribution >= 4 is 33.3 Å². The fourth-order valence-corrected chi connectivity index (χ4v) is 1.69. The van der Waals surface area contributed by atoms with Gasteiger partial charge in [0.1, 0.15) is 11.2 Å². The number of carbonyl (C=O) groups excluding carboxylic acids is 1. The number of fused-ring (bicyclic) bond motifs is 1. The molecule has 0 spiro atoms. The molecule has 76 valence electrons. The Balaban J connectivity index is 2.38. The van der Waals surface area contributed by atoms with Gasteiger partial charge in [0.15, 0.2) is 0 Å². The van der Waals surface area contributed by atoms with Gasteiger partial charge in [-0.2, -0.15) is 0 Å². The van der Waals surface area contributed by atoms with E-state index in [2.05, 4.69) is 25.7 Å². The van der Waals surface area contributed by atoms with Crippen LogP contribution < -0.4 is 0 Å². The van der Waals surface area contributed by atoms with Crippen LogP contribution in [0.4, 0.5) is 0 Å². The highest BCUT2D eigenvalue weighted by molar-refractivity contribution is 9.10. The molecule has 0 saturated heterocycles. The van der Waals surface area contributed by atoms with Gasteiger partial charge in [-0.1, -0.05) is 12.1 Å². The lowest BCUT2D eigenvalue weighted by Crippen LogP contribution is -1.90. The number of hydrogen-bond acceptors (Lipinski definition) is 3. The van der Waals surface area contributed by atoms with Crippen molar-refractivity contribution in [3.05, 3.63) is 40.5 Å². The van der Waals surface area contributed by atoms with Gasteiger partial charge in [-0.25, -0.2) is 4.98 Å². The molecule has 0 saturated carbocycles. The number of benzene rings is 1. The standard InChI is InChI=1S/C11H8BrNO2/c12-11-4-2-9-5-8(6-15-7-14)1-3-10(9)13-11/h1-5,7H,6H2. The zero-order valence-electron chi connectivity index (χ0n) is 7.81. The Morgan fingerprint density at radius 2 is 2.20 bits per heavy atom. The Morgan fingerprint density at radius 3 is 3.00 bits per heavy atom. The lowest BCUT2D eigenvalue weighted by molar-refractivity contribution is -0.129. The van der Waals surface area contributed by atoms with E-state index in [4.69, 9.17) is 0 Å². The predicted molar refractivity (Wildman–Crippen MR) is 60.3 cm³/mol. The smallest absolute Gasteiger partial charge is 0.293 e. The van der Waals surface area contributed by atoms with E-state index in [-0.39, 0.29) is 0 Å². The number of ether oxygens (including phenoxy) is 1. The third kappa shape index (κ3) is 2.33. The van der Waals surface area contributed by atoms with Gasteiger partial charge in [-0.05, 0) is 39.7 Å². The number of rotatable bonds is 3. The quantitative estimate of drug-likeness (QED) is 0.633. The second-order valence-corrected chi connectivity index (χ2v) is 3.88. The highest BCUT2D eigenvalue weighted by atomic mass is 79.9. The molecule has 4 heteroatoms. The molecule has 2 aromatic rings. The maximum Gasteiger partial charge on any atom is 0.293 e. The molecule has 0 aliphatic heterocycles. The average Bonchev–Trinajstić information content (AvgIpc) is 2.26. The van der Waals surface area contributed by atoms with Gasteiger partial charge in [0, 0.05) is 5.39 Å². The minimum atomic E-state index is 0.301. The summed E-state index contributed by atoms with van der Waals surface area (Å²) < 4.78 is 5.49. The van der Waals surface area contributed by atoms with Gasteiger partial charge in [-0.15, -0.1) is 0 Å². The summed E-state index contributed by atoms with van der Waals surface area (Å²) in [6.45, 7) is 0.750. The molecule has 0 aliphatic carbocycles. The summed E-state index contributed by atoms with van der Waals surface area (Å²) in [5.74, 6) is 0. The summed E-state index contributed by atoms with van der Waals surface area (Å²) in [7, 11) is 0. The van der Waals surface area contributed by atoms with Gasteiger partial charge in [-0.3, -0.25) is 4.79 Å². The molecular weight excluding hydrogens is 258 g/mol. The monoisotopic (exact) mass is 265 g/mol. The number of nitrogens with zero attached hydrogens (tertiary/aromatic N) is 1. The van der Waals surface area contributed by atoms with Crippen LogP contribution in [0.2, 0.25) is 0 Å². The van der Waals surface area contributed by atoms with Crippen LogP contribution in [-0.2, 0) is 16.1 Å². The first-order chi connectivity index (χ1) is 7.29. The highest BCUT2D eigenvalue weighted by Crippen LogP contribution is 2.17. The summed E-state index contributed by atoms with van der Waals surface area (Å²) in [5, 5.41) is 1.03. The molecular formula is C11H8BrNO2. The third-order valence-corrected chi connectivity index (χ3v) is 2.48. The second kappa shape index (κ2) is 4.40. The third-order valence-electron chi connectivity index (χ3n) is 2.04. The number of carbonyl (C=O) groups is 1. The fourth-order valence-electron chi connectivity index (χ4n) is 1.37. The van der Waals surface area contributed by atoms with Gasteiger partial charge in [0.05, 0.1) is 5.52 Å². The minimum Gasteiger partial charge on any atom is -0.463 e. The van der Waals surface area contributed by atoms with Crippen LogP contribution in [0.5, 0.6) is 0 Å². The number of aromatic nitrogens is 1. The van der Waals surface area contributed by atoms with Crippen LogP contribution in [0.3, 0.4) is 0 Å². The first-order valence-electron chi connectivity index (χ1n) is 4.40. The van der Waals surface area contributed by atoms with Gasteiger partial charge < -0.3 is 4.74 Å². The first-order valence-corrected chi connectivity index (χ1v) is 5.19. The maximum absolute atomic E-state index is 10.0. The summed E-state index contributed by atoms with van der Waals surface area (Å²) in [6, 6.07) is 9.61. The topological polar surface area (TPSA) is 39.2 Å². The van der Waals surface area contributed by atoms with E-state index < -0.39 is 0 Å². The zero-order chi connectivity index (χ0) is 10.7. The Labute approximate surface area is 95.2 Å². The van der Waals surface area contributed by atoms with E-state index in [9.17, 15) is 4.79 Å². The molecule has 0 aliphatic rings. The maximum atomic E-state index is 10.0. The van der Waals surface area contributed by atoms with Crippen LogP contribution in [0, 0.1) is 0 Å². The summed E-state index contributed by atoms with van der Waals surface area (Å²) in [4.78, 5) is 14.3. The first kappa shape index (κ1) is 10.1. The van der Waals surface area contributed by atoms with Crippen LogP contribution >= 0.6 is 15.9 Å². The molecule has 15 heavy (non-hydrogen) atoms. The predicted octanol–water partition coefficient (Wildman–Crippen LogP) is 2.67. The van der Waals surface area contributed by atoms with E-state index >= 15 is 0 Å². The SMILES string of the molecule is O=COCc1ccc2nc(Br)ccc2c1. The molecule has 0 fully saturated rings. The van der Waals surface area contributed by atoms with Crippen molar-refractivity contribution in [3.63, 3.8) is 0 Å².